The van der Waals surface area contributed by atoms with Crippen molar-refractivity contribution in [1.29, 1.82) is 0 Å². The molecule has 1 fully saturated rings. The first-order chi connectivity index (χ1) is 9.99. The number of hydrogen-bond acceptors (Lipinski definition) is 2. The Kier molecular flexibility index (Phi) is 4.88. The number of carbonyl (C=O) groups is 2. The van der Waals surface area contributed by atoms with Gasteiger partial charge >= 0.3 is 5.97 Å². The van der Waals surface area contributed by atoms with Gasteiger partial charge in [-0.1, -0.05) is 0 Å². The standard InChI is InChI=1S/C15H17F2NO3/c16-12-6-4-10(9-13(12)17)15(21)18-8-2-1-3-11(18)5-7-14(19)20/h4,6,9,11H,1-3,5,7-8H2,(H,19,20). The Bertz CT molecular complexity index is 548. The van der Waals surface area contributed by atoms with Crippen LogP contribution in [0.1, 0.15) is 42.5 Å². The van der Waals surface area contributed by atoms with Crippen LogP contribution in [0.25, 0.3) is 0 Å². The second-order valence-corrected chi connectivity index (χ2v) is 5.21. The van der Waals surface area contributed by atoms with E-state index < -0.39 is 17.6 Å². The van der Waals surface area contributed by atoms with Gasteiger partial charge in [0.05, 0.1) is 0 Å². The molecule has 4 nitrogen and oxygen atoms in total. The monoisotopic (exact) mass is 297 g/mol. The molecule has 0 bridgehead atoms. The highest BCUT2D eigenvalue weighted by molar-refractivity contribution is 5.94. The summed E-state index contributed by atoms with van der Waals surface area (Å²) in [6, 6.07) is 2.92. The molecule has 6 heteroatoms. The number of carbonyl (C=O) groups excluding carboxylic acids is 1. The lowest BCUT2D eigenvalue weighted by Crippen LogP contribution is -2.44. The summed E-state index contributed by atoms with van der Waals surface area (Å²) in [6.07, 6.45) is 2.88. The van der Waals surface area contributed by atoms with Crippen LogP contribution in [0, 0.1) is 11.6 Å². The van der Waals surface area contributed by atoms with Gasteiger partial charge in [-0.3, -0.25) is 9.59 Å². The zero-order valence-electron chi connectivity index (χ0n) is 11.5. The fourth-order valence-corrected chi connectivity index (χ4v) is 2.65. The fraction of sp³-hybridized carbons (Fsp3) is 0.467. The van der Waals surface area contributed by atoms with Gasteiger partial charge in [-0.15, -0.1) is 0 Å². The largest absolute Gasteiger partial charge is 0.481 e. The maximum absolute atomic E-state index is 13.2. The van der Waals surface area contributed by atoms with Crippen LogP contribution in [0.15, 0.2) is 18.2 Å². The van der Waals surface area contributed by atoms with Gasteiger partial charge in [-0.2, -0.15) is 0 Å². The number of amides is 1. The number of likely N-dealkylation sites (tertiary alicyclic amines) is 1. The molecule has 1 heterocycles. The van der Waals surface area contributed by atoms with Crippen molar-refractivity contribution in [3.63, 3.8) is 0 Å². The number of halogens is 2. The first kappa shape index (κ1) is 15.4. The number of carboxylic acid groups (broad SMARTS) is 1. The number of aliphatic carboxylic acids is 1. The van der Waals surface area contributed by atoms with Crippen molar-refractivity contribution < 1.29 is 23.5 Å². The zero-order valence-corrected chi connectivity index (χ0v) is 11.5. The SMILES string of the molecule is O=C(O)CCC1CCCCN1C(=O)c1ccc(F)c(F)c1. The molecule has 0 radical (unpaired) electrons. The van der Waals surface area contributed by atoms with Gasteiger partial charge in [0.1, 0.15) is 0 Å². The van der Waals surface area contributed by atoms with Gasteiger partial charge in [0, 0.05) is 24.6 Å². The number of rotatable bonds is 4. The predicted molar refractivity (Wildman–Crippen MR) is 71.9 cm³/mol. The average Bonchev–Trinajstić information content (AvgIpc) is 2.47. The van der Waals surface area contributed by atoms with Gasteiger partial charge in [0.2, 0.25) is 0 Å². The average molecular weight is 297 g/mol. The lowest BCUT2D eigenvalue weighted by molar-refractivity contribution is -0.137. The maximum atomic E-state index is 13.2. The quantitative estimate of drug-likeness (QED) is 0.929. The molecule has 1 N–H and O–H groups in total. The molecule has 1 unspecified atom stereocenters. The Labute approximate surface area is 121 Å². The van der Waals surface area contributed by atoms with E-state index in [1.807, 2.05) is 0 Å². The van der Waals surface area contributed by atoms with E-state index in [-0.39, 0.29) is 23.9 Å². The molecule has 1 atom stereocenters. The minimum Gasteiger partial charge on any atom is -0.481 e. The molecule has 1 aliphatic rings. The van der Waals surface area contributed by atoms with Crippen LogP contribution in [0.2, 0.25) is 0 Å². The third-order valence-corrected chi connectivity index (χ3v) is 3.75. The summed E-state index contributed by atoms with van der Waals surface area (Å²) in [5.74, 6) is -3.32. The molecule has 1 aromatic carbocycles. The summed E-state index contributed by atoms with van der Waals surface area (Å²) < 4.78 is 26.2. The van der Waals surface area contributed by atoms with E-state index in [9.17, 15) is 18.4 Å². The molecule has 1 aromatic rings. The van der Waals surface area contributed by atoms with Gasteiger partial charge < -0.3 is 10.0 Å². The second kappa shape index (κ2) is 6.65. The summed E-state index contributed by atoms with van der Waals surface area (Å²) in [4.78, 5) is 24.7. The summed E-state index contributed by atoms with van der Waals surface area (Å²) in [6.45, 7) is 0.516. The van der Waals surface area contributed by atoms with E-state index in [1.54, 1.807) is 4.90 Å². The Morgan fingerprint density at radius 2 is 2.00 bits per heavy atom. The predicted octanol–water partition coefficient (Wildman–Crippen LogP) is 2.82. The topological polar surface area (TPSA) is 57.6 Å². The minimum atomic E-state index is -1.06. The fourth-order valence-electron chi connectivity index (χ4n) is 2.65. The molecule has 0 aliphatic carbocycles. The molecule has 2 rings (SSSR count). The molecule has 0 aromatic heterocycles. The van der Waals surface area contributed by atoms with Crippen molar-refractivity contribution in [2.75, 3.05) is 6.54 Å². The van der Waals surface area contributed by atoms with E-state index in [0.29, 0.717) is 13.0 Å². The highest BCUT2D eigenvalue weighted by atomic mass is 19.2. The highest BCUT2D eigenvalue weighted by Crippen LogP contribution is 2.23. The van der Waals surface area contributed by atoms with Crippen molar-refractivity contribution in [3.8, 4) is 0 Å². The van der Waals surface area contributed by atoms with Crippen LogP contribution in [0.3, 0.4) is 0 Å². The first-order valence-electron chi connectivity index (χ1n) is 6.97. The third kappa shape index (κ3) is 3.77. The summed E-state index contributed by atoms with van der Waals surface area (Å²) in [7, 11) is 0. The van der Waals surface area contributed by atoms with Crippen LogP contribution < -0.4 is 0 Å². The second-order valence-electron chi connectivity index (χ2n) is 5.21. The minimum absolute atomic E-state index is 0.00771. The maximum Gasteiger partial charge on any atom is 0.303 e. The molecular weight excluding hydrogens is 280 g/mol. The van der Waals surface area contributed by atoms with Gasteiger partial charge in [-0.25, -0.2) is 8.78 Å². The van der Waals surface area contributed by atoms with E-state index >= 15 is 0 Å². The lowest BCUT2D eigenvalue weighted by Gasteiger charge is -2.35. The van der Waals surface area contributed by atoms with Crippen LogP contribution in [0.4, 0.5) is 8.78 Å². The van der Waals surface area contributed by atoms with Crippen LogP contribution in [0.5, 0.6) is 0 Å². The van der Waals surface area contributed by atoms with Gasteiger partial charge in [0.15, 0.2) is 11.6 Å². The normalized spacial score (nSPS) is 18.6. The van der Waals surface area contributed by atoms with Crippen LogP contribution >= 0.6 is 0 Å². The Morgan fingerprint density at radius 1 is 1.24 bits per heavy atom. The van der Waals surface area contributed by atoms with E-state index in [2.05, 4.69) is 0 Å². The third-order valence-electron chi connectivity index (χ3n) is 3.75. The summed E-state index contributed by atoms with van der Waals surface area (Å²) >= 11 is 0. The first-order valence-corrected chi connectivity index (χ1v) is 6.97. The van der Waals surface area contributed by atoms with E-state index in [4.69, 9.17) is 5.11 Å². The van der Waals surface area contributed by atoms with Crippen LogP contribution in [-0.4, -0.2) is 34.5 Å². The Balaban J connectivity index is 2.13. The Morgan fingerprint density at radius 3 is 2.67 bits per heavy atom. The van der Waals surface area contributed by atoms with Gasteiger partial charge in [-0.05, 0) is 43.9 Å². The molecule has 21 heavy (non-hydrogen) atoms. The lowest BCUT2D eigenvalue weighted by atomic mass is 9.97. The van der Waals surface area contributed by atoms with E-state index in [0.717, 1.165) is 31.4 Å². The number of piperidine rings is 1. The number of hydrogen-bond donors (Lipinski definition) is 1. The summed E-state index contributed by atoms with van der Waals surface area (Å²) in [5.41, 5.74) is 0.0936. The highest BCUT2D eigenvalue weighted by Gasteiger charge is 2.28. The summed E-state index contributed by atoms with van der Waals surface area (Å²) in [5, 5.41) is 8.76. The van der Waals surface area contributed by atoms with Crippen molar-refractivity contribution in [3.05, 3.63) is 35.4 Å². The Hall–Kier alpha value is -1.98. The van der Waals surface area contributed by atoms with Gasteiger partial charge in [0.25, 0.3) is 5.91 Å². The number of carboxylic acids is 1. The molecule has 1 aliphatic heterocycles. The van der Waals surface area contributed by atoms with Crippen LogP contribution in [-0.2, 0) is 4.79 Å². The number of benzene rings is 1. The van der Waals surface area contributed by atoms with Crippen molar-refractivity contribution in [1.82, 2.24) is 4.90 Å². The van der Waals surface area contributed by atoms with E-state index in [1.165, 1.54) is 6.07 Å². The van der Waals surface area contributed by atoms with Crippen molar-refractivity contribution in [2.24, 2.45) is 0 Å². The molecule has 1 amide bonds. The molecule has 114 valence electrons. The zero-order chi connectivity index (χ0) is 15.4. The number of nitrogens with zero attached hydrogens (tertiary/aromatic N) is 1. The molecule has 1 saturated heterocycles. The van der Waals surface area contributed by atoms with Crippen molar-refractivity contribution in [2.45, 2.75) is 38.1 Å². The smallest absolute Gasteiger partial charge is 0.303 e. The van der Waals surface area contributed by atoms with Crippen molar-refractivity contribution >= 4 is 11.9 Å². The molecule has 0 saturated carbocycles. The molecular formula is C15H17F2NO3. The molecule has 0 spiro atoms.